The lowest BCUT2D eigenvalue weighted by Crippen LogP contribution is -2.48. The molecule has 21 heavy (non-hydrogen) atoms. The van der Waals surface area contributed by atoms with Crippen LogP contribution in [-0.2, 0) is 22.6 Å². The normalized spacial score (nSPS) is 20.7. The molecule has 1 fully saturated rings. The van der Waals surface area contributed by atoms with Crippen LogP contribution in [0.3, 0.4) is 0 Å². The van der Waals surface area contributed by atoms with Gasteiger partial charge in [0.1, 0.15) is 0 Å². The van der Waals surface area contributed by atoms with Crippen LogP contribution in [0.1, 0.15) is 37.1 Å². The van der Waals surface area contributed by atoms with Gasteiger partial charge in [-0.15, -0.1) is 0 Å². The quantitative estimate of drug-likeness (QED) is 0.536. The second-order valence-electron chi connectivity index (χ2n) is 5.70. The third-order valence-electron chi connectivity index (χ3n) is 3.87. The first-order valence-electron chi connectivity index (χ1n) is 7.54. The maximum atomic E-state index is 12.1. The summed E-state index contributed by atoms with van der Waals surface area (Å²) in [7, 11) is 0. The first kappa shape index (κ1) is 14.1. The molecule has 7 nitrogen and oxygen atoms in total. The number of imidazole rings is 1. The van der Waals surface area contributed by atoms with E-state index in [9.17, 15) is 9.59 Å². The molecule has 1 unspecified atom stereocenters. The van der Waals surface area contributed by atoms with Crippen LogP contribution in [-0.4, -0.2) is 40.4 Å². The maximum absolute atomic E-state index is 12.1. The van der Waals surface area contributed by atoms with Crippen molar-refractivity contribution in [3.63, 3.8) is 0 Å². The third kappa shape index (κ3) is 3.81. The maximum Gasteiger partial charge on any atom is 0.237 e. The summed E-state index contributed by atoms with van der Waals surface area (Å²) in [6.07, 6.45) is 5.61. The van der Waals surface area contributed by atoms with Crippen molar-refractivity contribution in [2.45, 2.75) is 50.7 Å². The molecule has 1 aliphatic heterocycles. The third-order valence-corrected chi connectivity index (χ3v) is 3.87. The van der Waals surface area contributed by atoms with Crippen LogP contribution < -0.4 is 16.0 Å². The largest absolute Gasteiger partial charge is 0.355 e. The minimum absolute atomic E-state index is 0.0220. The second-order valence-corrected chi connectivity index (χ2v) is 5.70. The van der Waals surface area contributed by atoms with E-state index in [1.807, 2.05) is 0 Å². The lowest BCUT2D eigenvalue weighted by atomic mass is 10.0. The van der Waals surface area contributed by atoms with Gasteiger partial charge in [0.25, 0.3) is 0 Å². The Kier molecular flexibility index (Phi) is 4.19. The van der Waals surface area contributed by atoms with Crippen molar-refractivity contribution in [3.8, 4) is 0 Å². The van der Waals surface area contributed by atoms with E-state index in [2.05, 4.69) is 25.9 Å². The molecule has 3 rings (SSSR count). The first-order chi connectivity index (χ1) is 10.2. The lowest BCUT2D eigenvalue weighted by molar-refractivity contribution is -0.124. The smallest absolute Gasteiger partial charge is 0.237 e. The first-order valence-corrected chi connectivity index (χ1v) is 7.54. The Balaban J connectivity index is 1.34. The molecule has 1 atom stereocenters. The van der Waals surface area contributed by atoms with Gasteiger partial charge in [0.05, 0.1) is 23.8 Å². The van der Waals surface area contributed by atoms with Gasteiger partial charge in [-0.1, -0.05) is 0 Å². The van der Waals surface area contributed by atoms with Crippen LogP contribution in [0.15, 0.2) is 6.33 Å². The van der Waals surface area contributed by atoms with Gasteiger partial charge in [-0.2, -0.15) is 0 Å². The zero-order valence-electron chi connectivity index (χ0n) is 11.9. The van der Waals surface area contributed by atoms with E-state index < -0.39 is 0 Å². The van der Waals surface area contributed by atoms with Crippen molar-refractivity contribution in [3.05, 3.63) is 17.7 Å². The summed E-state index contributed by atoms with van der Waals surface area (Å²) in [5.74, 6) is 0.0648. The van der Waals surface area contributed by atoms with Gasteiger partial charge in [0.15, 0.2) is 0 Å². The van der Waals surface area contributed by atoms with Crippen molar-refractivity contribution in [2.24, 2.45) is 0 Å². The molecular formula is C14H21N5O2. The number of aromatic nitrogens is 2. The second kappa shape index (κ2) is 6.26. The molecule has 1 aliphatic carbocycles. The van der Waals surface area contributed by atoms with Gasteiger partial charge in [0, 0.05) is 32.0 Å². The molecule has 1 aromatic rings. The molecule has 0 aromatic carbocycles. The van der Waals surface area contributed by atoms with Crippen molar-refractivity contribution >= 4 is 11.8 Å². The van der Waals surface area contributed by atoms with Gasteiger partial charge in [0.2, 0.25) is 11.8 Å². The van der Waals surface area contributed by atoms with Gasteiger partial charge in [-0.25, -0.2) is 4.98 Å². The number of carbonyl (C=O) groups is 2. The van der Waals surface area contributed by atoms with Crippen LogP contribution in [0.2, 0.25) is 0 Å². The van der Waals surface area contributed by atoms with Gasteiger partial charge < -0.3 is 15.6 Å². The molecule has 0 bridgehead atoms. The fourth-order valence-corrected chi connectivity index (χ4v) is 2.47. The standard InChI is InChI=1S/C14H21N5O2/c20-13(19-9-3-4-9)2-1-5-15-14(21)11-6-10-12(7-16-11)18-8-17-10/h8-9,11,16H,1-7H2,(H,15,21)(H,17,18)(H,19,20). The number of H-pyrrole nitrogens is 1. The summed E-state index contributed by atoms with van der Waals surface area (Å²) in [6, 6.07) is 0.169. The molecule has 114 valence electrons. The van der Waals surface area contributed by atoms with E-state index in [1.165, 1.54) is 0 Å². The van der Waals surface area contributed by atoms with E-state index in [4.69, 9.17) is 0 Å². The molecule has 2 amide bonds. The van der Waals surface area contributed by atoms with Crippen molar-refractivity contribution < 1.29 is 9.59 Å². The number of fused-ring (bicyclic) bond motifs is 1. The van der Waals surface area contributed by atoms with E-state index in [0.29, 0.717) is 38.4 Å². The number of rotatable bonds is 6. The Morgan fingerprint density at radius 2 is 2.24 bits per heavy atom. The van der Waals surface area contributed by atoms with Crippen LogP contribution in [0.4, 0.5) is 0 Å². The van der Waals surface area contributed by atoms with Crippen LogP contribution in [0.25, 0.3) is 0 Å². The Hall–Kier alpha value is -1.89. The summed E-state index contributed by atoms with van der Waals surface area (Å²) < 4.78 is 0. The number of nitrogens with one attached hydrogen (secondary N) is 4. The number of nitrogens with zero attached hydrogens (tertiary/aromatic N) is 1. The number of hydrogen-bond donors (Lipinski definition) is 4. The fourth-order valence-electron chi connectivity index (χ4n) is 2.47. The molecule has 4 N–H and O–H groups in total. The predicted molar refractivity (Wildman–Crippen MR) is 76.3 cm³/mol. The summed E-state index contributed by atoms with van der Waals surface area (Å²) in [5, 5.41) is 9.00. The highest BCUT2D eigenvalue weighted by Crippen LogP contribution is 2.18. The molecule has 0 saturated heterocycles. The highest BCUT2D eigenvalue weighted by Gasteiger charge is 2.25. The van der Waals surface area contributed by atoms with Crippen LogP contribution >= 0.6 is 0 Å². The molecule has 0 radical (unpaired) electrons. The number of carbonyl (C=O) groups excluding carboxylic acids is 2. The van der Waals surface area contributed by atoms with Crippen molar-refractivity contribution in [1.29, 1.82) is 0 Å². The summed E-state index contributed by atoms with van der Waals surface area (Å²) >= 11 is 0. The highest BCUT2D eigenvalue weighted by atomic mass is 16.2. The van der Waals surface area contributed by atoms with Crippen molar-refractivity contribution in [1.82, 2.24) is 25.9 Å². The van der Waals surface area contributed by atoms with Crippen LogP contribution in [0, 0.1) is 0 Å². The molecule has 2 heterocycles. The fraction of sp³-hybridized carbons (Fsp3) is 0.643. The monoisotopic (exact) mass is 291 g/mol. The highest BCUT2D eigenvalue weighted by molar-refractivity contribution is 5.82. The van der Waals surface area contributed by atoms with E-state index >= 15 is 0 Å². The van der Waals surface area contributed by atoms with Gasteiger partial charge in [-0.05, 0) is 19.3 Å². The lowest BCUT2D eigenvalue weighted by Gasteiger charge is -2.22. The molecular weight excluding hydrogens is 270 g/mol. The summed E-state index contributed by atoms with van der Waals surface area (Å²) in [4.78, 5) is 30.8. The molecule has 7 heteroatoms. The van der Waals surface area contributed by atoms with Crippen LogP contribution in [0.5, 0.6) is 0 Å². The Bertz CT molecular complexity index is 523. The number of amides is 2. The minimum atomic E-state index is -0.235. The Morgan fingerprint density at radius 1 is 1.38 bits per heavy atom. The van der Waals surface area contributed by atoms with Gasteiger partial charge in [-0.3, -0.25) is 14.9 Å². The SMILES string of the molecule is O=C(CCCNC(=O)C1Cc2nc[nH]c2CN1)NC1CC1. The Labute approximate surface area is 123 Å². The number of hydrogen-bond acceptors (Lipinski definition) is 4. The zero-order valence-corrected chi connectivity index (χ0v) is 11.9. The van der Waals surface area contributed by atoms with E-state index in [0.717, 1.165) is 24.2 Å². The minimum Gasteiger partial charge on any atom is -0.355 e. The summed E-state index contributed by atoms with van der Waals surface area (Å²) in [6.45, 7) is 1.17. The van der Waals surface area contributed by atoms with E-state index in [1.54, 1.807) is 6.33 Å². The molecule has 0 spiro atoms. The average Bonchev–Trinajstić information content (AvgIpc) is 3.16. The average molecular weight is 291 g/mol. The predicted octanol–water partition coefficient (Wildman–Crippen LogP) is -0.401. The zero-order chi connectivity index (χ0) is 14.7. The molecule has 1 aromatic heterocycles. The topological polar surface area (TPSA) is 98.9 Å². The molecule has 1 saturated carbocycles. The van der Waals surface area contributed by atoms with Crippen molar-refractivity contribution in [2.75, 3.05) is 6.54 Å². The Morgan fingerprint density at radius 3 is 3.05 bits per heavy atom. The summed E-state index contributed by atoms with van der Waals surface area (Å²) in [5.41, 5.74) is 2.01. The van der Waals surface area contributed by atoms with Gasteiger partial charge >= 0.3 is 0 Å². The molecule has 2 aliphatic rings. The number of aromatic amines is 1. The van der Waals surface area contributed by atoms with E-state index in [-0.39, 0.29) is 17.9 Å².